The van der Waals surface area contributed by atoms with Crippen LogP contribution in [0, 0.1) is 0 Å². The van der Waals surface area contributed by atoms with E-state index in [0.29, 0.717) is 30.2 Å². The molecule has 0 N–H and O–H groups in total. The summed E-state index contributed by atoms with van der Waals surface area (Å²) in [4.78, 5) is 30.2. The number of halogens is 1. The van der Waals surface area contributed by atoms with Crippen LogP contribution in [0.5, 0.6) is 0 Å². The van der Waals surface area contributed by atoms with Crippen LogP contribution in [0.1, 0.15) is 27.9 Å². The maximum atomic E-state index is 13.4. The fraction of sp³-hybridized carbons (Fsp3) is 0.238. The molecule has 1 atom stereocenters. The smallest absolute Gasteiger partial charge is 0.256 e. The average Bonchev–Trinajstić information content (AvgIpc) is 3.44. The molecule has 146 valence electrons. The Morgan fingerprint density at radius 3 is 2.52 bits per heavy atom. The maximum absolute atomic E-state index is 13.4. The van der Waals surface area contributed by atoms with Gasteiger partial charge in [-0.05, 0) is 18.2 Å². The maximum Gasteiger partial charge on any atom is 0.256 e. The second-order valence-corrected chi connectivity index (χ2v) is 7.61. The normalized spacial score (nSPS) is 20.1. The Bertz CT molecular complexity index is 1080. The van der Waals surface area contributed by atoms with Crippen molar-refractivity contribution < 1.29 is 9.59 Å². The number of amides is 2. The molecule has 5 rings (SSSR count). The molecule has 3 heterocycles. The number of aryl methyl sites for hydroxylation is 1. The summed E-state index contributed by atoms with van der Waals surface area (Å²) < 4.78 is 1.77. The van der Waals surface area contributed by atoms with E-state index in [1.807, 2.05) is 41.3 Å². The molecule has 1 fully saturated rings. The highest BCUT2D eigenvalue weighted by Crippen LogP contribution is 2.49. The average molecular weight is 408 g/mol. The molecular weight excluding hydrogens is 390 g/mol. The Labute approximate surface area is 172 Å². The highest BCUT2D eigenvalue weighted by atomic mass is 35.5. The molecular formula is C21H18ClN5O2. The first-order valence-electron chi connectivity index (χ1n) is 9.43. The van der Waals surface area contributed by atoms with E-state index >= 15 is 0 Å². The number of fused-ring (bicyclic) bond motifs is 3. The Morgan fingerprint density at radius 1 is 1.03 bits per heavy atom. The second-order valence-electron chi connectivity index (χ2n) is 7.18. The quantitative estimate of drug-likeness (QED) is 0.666. The number of carbonyl (C=O) groups excluding carboxylic acids is 2. The van der Waals surface area contributed by atoms with E-state index in [1.165, 1.54) is 0 Å². The molecule has 7 nitrogen and oxygen atoms in total. The first-order valence-corrected chi connectivity index (χ1v) is 9.80. The van der Waals surface area contributed by atoms with Crippen molar-refractivity contribution in [1.29, 1.82) is 0 Å². The van der Waals surface area contributed by atoms with Gasteiger partial charge >= 0.3 is 0 Å². The number of hydrogen-bond acceptors (Lipinski definition) is 4. The van der Waals surface area contributed by atoms with E-state index in [2.05, 4.69) is 10.2 Å². The minimum absolute atomic E-state index is 0.0272. The zero-order valence-corrected chi connectivity index (χ0v) is 16.3. The van der Waals surface area contributed by atoms with Gasteiger partial charge in [-0.1, -0.05) is 41.9 Å². The molecule has 2 aliphatic rings. The lowest BCUT2D eigenvalue weighted by Gasteiger charge is -2.40. The second kappa shape index (κ2) is 6.70. The standard InChI is InChI=1S/C21H18ClN5O2/c22-16-7-5-15(6-8-16)21-18-4-2-1-3-17(18)20(29)27(21)12-11-26(21)19(28)9-10-25-13-23-24-14-25/h1-8,13-14H,9-12H2. The highest BCUT2D eigenvalue weighted by molar-refractivity contribution is 6.30. The van der Waals surface area contributed by atoms with Crippen LogP contribution >= 0.6 is 11.6 Å². The van der Waals surface area contributed by atoms with Crippen LogP contribution in [0.4, 0.5) is 0 Å². The van der Waals surface area contributed by atoms with Crippen molar-refractivity contribution in [2.45, 2.75) is 18.6 Å². The molecule has 0 saturated carbocycles. The van der Waals surface area contributed by atoms with E-state index in [1.54, 1.807) is 34.3 Å². The zero-order chi connectivity index (χ0) is 20.0. The largest absolute Gasteiger partial charge is 0.320 e. The van der Waals surface area contributed by atoms with Gasteiger partial charge in [-0.15, -0.1) is 10.2 Å². The third-order valence-corrected chi connectivity index (χ3v) is 5.96. The van der Waals surface area contributed by atoms with Gasteiger partial charge in [0, 0.05) is 47.8 Å². The molecule has 0 bridgehead atoms. The summed E-state index contributed by atoms with van der Waals surface area (Å²) in [6.45, 7) is 1.44. The molecule has 1 unspecified atom stereocenters. The summed E-state index contributed by atoms with van der Waals surface area (Å²) in [6, 6.07) is 14.9. The number of rotatable bonds is 4. The first-order chi connectivity index (χ1) is 14.1. The number of aromatic nitrogens is 3. The van der Waals surface area contributed by atoms with Gasteiger partial charge in [-0.25, -0.2) is 0 Å². The van der Waals surface area contributed by atoms with Gasteiger partial charge in [-0.2, -0.15) is 0 Å². The van der Waals surface area contributed by atoms with Crippen LogP contribution in [0.3, 0.4) is 0 Å². The van der Waals surface area contributed by atoms with Gasteiger partial charge < -0.3 is 14.4 Å². The summed E-state index contributed by atoms with van der Waals surface area (Å²) in [5.74, 6) is -0.0784. The van der Waals surface area contributed by atoms with E-state index in [4.69, 9.17) is 11.6 Å². The van der Waals surface area contributed by atoms with Crippen molar-refractivity contribution in [1.82, 2.24) is 24.6 Å². The molecule has 3 aromatic rings. The molecule has 1 aromatic heterocycles. The molecule has 2 amide bonds. The molecule has 29 heavy (non-hydrogen) atoms. The lowest BCUT2D eigenvalue weighted by atomic mass is 9.89. The van der Waals surface area contributed by atoms with Crippen LogP contribution in [-0.4, -0.2) is 49.5 Å². The van der Waals surface area contributed by atoms with Crippen LogP contribution < -0.4 is 0 Å². The Kier molecular flexibility index (Phi) is 4.13. The van der Waals surface area contributed by atoms with Gasteiger partial charge in [0.2, 0.25) is 5.91 Å². The highest BCUT2D eigenvalue weighted by Gasteiger charge is 2.59. The van der Waals surface area contributed by atoms with Crippen LogP contribution in [0.15, 0.2) is 61.2 Å². The SMILES string of the molecule is O=C(CCn1cnnc1)N1CCN2C(=O)c3ccccc3C12c1ccc(Cl)cc1. The fourth-order valence-electron chi connectivity index (χ4n) is 4.48. The van der Waals surface area contributed by atoms with Crippen LogP contribution in [0.2, 0.25) is 5.02 Å². The number of hydrogen-bond donors (Lipinski definition) is 0. The Balaban J connectivity index is 1.61. The van der Waals surface area contributed by atoms with Crippen LogP contribution in [-0.2, 0) is 17.0 Å². The van der Waals surface area contributed by atoms with Gasteiger partial charge in [0.25, 0.3) is 5.91 Å². The van der Waals surface area contributed by atoms with Gasteiger partial charge in [0.15, 0.2) is 5.66 Å². The minimum atomic E-state index is -0.942. The van der Waals surface area contributed by atoms with E-state index in [9.17, 15) is 9.59 Å². The summed E-state index contributed by atoms with van der Waals surface area (Å²) in [5.41, 5.74) is 1.39. The molecule has 0 spiro atoms. The Morgan fingerprint density at radius 2 is 1.76 bits per heavy atom. The summed E-state index contributed by atoms with van der Waals surface area (Å²) in [6.07, 6.45) is 3.47. The minimum Gasteiger partial charge on any atom is -0.320 e. The summed E-state index contributed by atoms with van der Waals surface area (Å²) >= 11 is 6.12. The van der Waals surface area contributed by atoms with Gasteiger partial charge in [0.05, 0.1) is 0 Å². The van der Waals surface area contributed by atoms with Crippen molar-refractivity contribution in [3.8, 4) is 0 Å². The molecule has 0 aliphatic carbocycles. The predicted molar refractivity (Wildman–Crippen MR) is 106 cm³/mol. The molecule has 2 aliphatic heterocycles. The van der Waals surface area contributed by atoms with Gasteiger partial charge in [0.1, 0.15) is 12.7 Å². The van der Waals surface area contributed by atoms with Crippen molar-refractivity contribution in [3.63, 3.8) is 0 Å². The topological polar surface area (TPSA) is 71.3 Å². The molecule has 1 saturated heterocycles. The van der Waals surface area contributed by atoms with Gasteiger partial charge in [-0.3, -0.25) is 9.59 Å². The Hall–Kier alpha value is -3.19. The third kappa shape index (κ3) is 2.57. The molecule has 0 radical (unpaired) electrons. The van der Waals surface area contributed by atoms with Crippen molar-refractivity contribution in [3.05, 3.63) is 82.9 Å². The van der Waals surface area contributed by atoms with E-state index in [-0.39, 0.29) is 18.2 Å². The lowest BCUT2D eigenvalue weighted by Crippen LogP contribution is -2.51. The fourth-order valence-corrected chi connectivity index (χ4v) is 4.61. The number of nitrogens with zero attached hydrogens (tertiary/aromatic N) is 5. The third-order valence-electron chi connectivity index (χ3n) is 5.70. The van der Waals surface area contributed by atoms with E-state index in [0.717, 1.165) is 11.1 Å². The van der Waals surface area contributed by atoms with Crippen molar-refractivity contribution >= 4 is 23.4 Å². The lowest BCUT2D eigenvalue weighted by molar-refractivity contribution is -0.136. The molecule has 8 heteroatoms. The summed E-state index contributed by atoms with van der Waals surface area (Å²) in [5, 5.41) is 8.17. The monoisotopic (exact) mass is 407 g/mol. The number of carbonyl (C=O) groups is 2. The molecule has 2 aromatic carbocycles. The van der Waals surface area contributed by atoms with Crippen LogP contribution in [0.25, 0.3) is 0 Å². The first kappa shape index (κ1) is 17.9. The summed E-state index contributed by atoms with van der Waals surface area (Å²) in [7, 11) is 0. The van der Waals surface area contributed by atoms with E-state index < -0.39 is 5.66 Å². The van der Waals surface area contributed by atoms with Crippen molar-refractivity contribution in [2.75, 3.05) is 13.1 Å². The number of benzene rings is 2. The predicted octanol–water partition coefficient (Wildman–Crippen LogP) is 2.52. The van der Waals surface area contributed by atoms with Crippen molar-refractivity contribution in [2.24, 2.45) is 0 Å². The zero-order valence-electron chi connectivity index (χ0n) is 15.5.